The second-order valence-electron chi connectivity index (χ2n) is 4.57. The number of hydrogen-bond donors (Lipinski definition) is 1. The number of amidine groups is 1. The van der Waals surface area contributed by atoms with Gasteiger partial charge in [-0.2, -0.15) is 0 Å². The summed E-state index contributed by atoms with van der Waals surface area (Å²) in [5.41, 5.74) is 0.646. The summed E-state index contributed by atoms with van der Waals surface area (Å²) < 4.78 is 23.4. The molecule has 2 aliphatic heterocycles. The van der Waals surface area contributed by atoms with E-state index in [1.165, 1.54) is 11.8 Å². The molecule has 102 valence electrons. The molecule has 2 atom stereocenters. The van der Waals surface area contributed by atoms with Crippen LogP contribution in [0, 0.1) is 5.41 Å². The Morgan fingerprint density at radius 3 is 2.74 bits per heavy atom. The number of anilines is 1. The number of fused-ring (bicyclic) bond motifs is 1. The molecule has 0 aromatic heterocycles. The average Bonchev–Trinajstić information content (AvgIpc) is 2.70. The van der Waals surface area contributed by atoms with Crippen molar-refractivity contribution in [2.45, 2.75) is 11.3 Å². The van der Waals surface area contributed by atoms with Gasteiger partial charge < -0.3 is 4.90 Å². The molecule has 2 heterocycles. The highest BCUT2D eigenvalue weighted by molar-refractivity contribution is 8.15. The van der Waals surface area contributed by atoms with Gasteiger partial charge in [0.25, 0.3) is 0 Å². The van der Waals surface area contributed by atoms with Gasteiger partial charge in [-0.3, -0.25) is 5.41 Å². The standard InChI is InChI=1S/C11H10Cl2N2O2S2/c12-6-1-2-8(7(13)3-6)15-9-4-19(16,17)5-10(9)18-11(15)14/h1-3,9-10,14H,4-5H2/t9-,10-/m1/s1. The van der Waals surface area contributed by atoms with E-state index in [-0.39, 0.29) is 22.8 Å². The minimum atomic E-state index is -3.02. The van der Waals surface area contributed by atoms with Crippen molar-refractivity contribution in [2.75, 3.05) is 16.4 Å². The number of nitrogens with zero attached hydrogens (tertiary/aromatic N) is 1. The lowest BCUT2D eigenvalue weighted by Gasteiger charge is -2.24. The highest BCUT2D eigenvalue weighted by atomic mass is 35.5. The fraction of sp³-hybridized carbons (Fsp3) is 0.364. The summed E-state index contributed by atoms with van der Waals surface area (Å²) in [5.74, 6) is 0.207. The Morgan fingerprint density at radius 1 is 1.32 bits per heavy atom. The number of thioether (sulfide) groups is 1. The van der Waals surface area contributed by atoms with Crippen molar-refractivity contribution < 1.29 is 8.42 Å². The second kappa shape index (κ2) is 4.55. The maximum absolute atomic E-state index is 11.7. The molecule has 1 aromatic carbocycles. The first kappa shape index (κ1) is 13.5. The van der Waals surface area contributed by atoms with Crippen LogP contribution in [0.1, 0.15) is 0 Å². The number of benzene rings is 1. The van der Waals surface area contributed by atoms with E-state index in [1.807, 2.05) is 0 Å². The Bertz CT molecular complexity index is 663. The first-order valence-corrected chi connectivity index (χ1v) is 9.03. The zero-order valence-corrected chi connectivity index (χ0v) is 12.8. The molecule has 0 radical (unpaired) electrons. The van der Waals surface area contributed by atoms with Crippen molar-refractivity contribution in [2.24, 2.45) is 0 Å². The molecule has 2 aliphatic rings. The Hall–Kier alpha value is -0.430. The fourth-order valence-corrected chi connectivity index (χ4v) is 6.75. The Morgan fingerprint density at radius 2 is 2.05 bits per heavy atom. The lowest BCUT2D eigenvalue weighted by Crippen LogP contribution is -2.37. The van der Waals surface area contributed by atoms with Crippen LogP contribution in [0.25, 0.3) is 0 Å². The van der Waals surface area contributed by atoms with Crippen molar-refractivity contribution in [1.29, 1.82) is 5.41 Å². The summed E-state index contributed by atoms with van der Waals surface area (Å²) in [5, 5.41) is 9.24. The SMILES string of the molecule is N=C1S[C@@H]2CS(=O)(=O)C[C@H]2N1c1ccc(Cl)cc1Cl. The van der Waals surface area contributed by atoms with Gasteiger partial charge in [-0.1, -0.05) is 35.0 Å². The molecule has 2 fully saturated rings. The van der Waals surface area contributed by atoms with E-state index in [1.54, 1.807) is 23.1 Å². The minimum Gasteiger partial charge on any atom is -0.315 e. The smallest absolute Gasteiger partial charge is 0.161 e. The van der Waals surface area contributed by atoms with Gasteiger partial charge in [-0.05, 0) is 18.2 Å². The van der Waals surface area contributed by atoms with Gasteiger partial charge in [0.15, 0.2) is 15.0 Å². The van der Waals surface area contributed by atoms with Gasteiger partial charge in [0.1, 0.15) is 0 Å². The Labute approximate surface area is 125 Å². The first-order valence-electron chi connectivity index (χ1n) is 5.57. The second-order valence-corrected chi connectivity index (χ2v) is 8.80. The normalized spacial score (nSPS) is 28.7. The van der Waals surface area contributed by atoms with E-state index in [0.29, 0.717) is 20.9 Å². The Balaban J connectivity index is 2.02. The van der Waals surface area contributed by atoms with Gasteiger partial charge >= 0.3 is 0 Å². The molecule has 1 N–H and O–H groups in total. The third-order valence-corrected chi connectivity index (χ3v) is 6.92. The molecule has 0 spiro atoms. The number of halogens is 2. The molecule has 0 unspecified atom stereocenters. The minimum absolute atomic E-state index is 0.0754. The van der Waals surface area contributed by atoms with Gasteiger partial charge in [-0.25, -0.2) is 8.42 Å². The van der Waals surface area contributed by atoms with Crippen LogP contribution in [-0.2, 0) is 9.84 Å². The lowest BCUT2D eigenvalue weighted by molar-refractivity contribution is 0.601. The van der Waals surface area contributed by atoms with Crippen LogP contribution in [0.15, 0.2) is 18.2 Å². The lowest BCUT2D eigenvalue weighted by atomic mass is 10.2. The summed E-state index contributed by atoms with van der Waals surface area (Å²) in [6.45, 7) is 0. The largest absolute Gasteiger partial charge is 0.315 e. The van der Waals surface area contributed by atoms with E-state index in [4.69, 9.17) is 28.6 Å². The molecular weight excluding hydrogens is 327 g/mol. The Kier molecular flexibility index (Phi) is 3.24. The summed E-state index contributed by atoms with van der Waals surface area (Å²) in [7, 11) is -3.02. The molecule has 3 rings (SSSR count). The maximum atomic E-state index is 11.7. The first-order chi connectivity index (χ1) is 8.87. The number of sulfone groups is 1. The predicted octanol–water partition coefficient (Wildman–Crippen LogP) is 2.65. The molecule has 0 bridgehead atoms. The molecule has 1 aromatic rings. The highest BCUT2D eigenvalue weighted by Crippen LogP contribution is 2.42. The summed E-state index contributed by atoms with van der Waals surface area (Å²) >= 11 is 13.3. The van der Waals surface area contributed by atoms with Crippen LogP contribution in [0.3, 0.4) is 0 Å². The summed E-state index contributed by atoms with van der Waals surface area (Å²) in [6.07, 6.45) is 0. The van der Waals surface area contributed by atoms with Crippen LogP contribution in [-0.4, -0.2) is 36.4 Å². The molecule has 0 amide bonds. The zero-order valence-electron chi connectivity index (χ0n) is 9.64. The van der Waals surface area contributed by atoms with E-state index in [9.17, 15) is 8.42 Å². The molecular formula is C11H10Cl2N2O2S2. The van der Waals surface area contributed by atoms with Crippen LogP contribution in [0.5, 0.6) is 0 Å². The van der Waals surface area contributed by atoms with Gasteiger partial charge in [0.05, 0.1) is 28.3 Å². The summed E-state index contributed by atoms with van der Waals surface area (Å²) in [4.78, 5) is 1.71. The van der Waals surface area contributed by atoms with Crippen molar-refractivity contribution in [3.8, 4) is 0 Å². The topological polar surface area (TPSA) is 61.2 Å². The fourth-order valence-electron chi connectivity index (χ4n) is 2.47. The quantitative estimate of drug-likeness (QED) is 0.856. The number of hydrogen-bond acceptors (Lipinski definition) is 4. The number of rotatable bonds is 1. The van der Waals surface area contributed by atoms with Gasteiger partial charge in [0.2, 0.25) is 0 Å². The van der Waals surface area contributed by atoms with E-state index in [2.05, 4.69) is 0 Å². The molecule has 8 heteroatoms. The van der Waals surface area contributed by atoms with Crippen molar-refractivity contribution in [3.63, 3.8) is 0 Å². The summed E-state index contributed by atoms with van der Waals surface area (Å²) in [6, 6.07) is 4.82. The molecule has 19 heavy (non-hydrogen) atoms. The van der Waals surface area contributed by atoms with Crippen LogP contribution in [0.4, 0.5) is 5.69 Å². The van der Waals surface area contributed by atoms with Gasteiger partial charge in [0, 0.05) is 10.3 Å². The van der Waals surface area contributed by atoms with E-state index < -0.39 is 9.84 Å². The molecule has 0 aliphatic carbocycles. The zero-order chi connectivity index (χ0) is 13.8. The average molecular weight is 337 g/mol. The molecule has 2 saturated heterocycles. The van der Waals surface area contributed by atoms with E-state index >= 15 is 0 Å². The third-order valence-electron chi connectivity index (χ3n) is 3.25. The number of nitrogens with one attached hydrogen (secondary N) is 1. The third kappa shape index (κ3) is 2.35. The molecule has 4 nitrogen and oxygen atoms in total. The van der Waals surface area contributed by atoms with Gasteiger partial charge in [-0.15, -0.1) is 0 Å². The van der Waals surface area contributed by atoms with Crippen LogP contribution < -0.4 is 4.90 Å². The van der Waals surface area contributed by atoms with Crippen LogP contribution >= 0.6 is 35.0 Å². The maximum Gasteiger partial charge on any atom is 0.161 e. The van der Waals surface area contributed by atoms with Crippen molar-refractivity contribution in [3.05, 3.63) is 28.2 Å². The predicted molar refractivity (Wildman–Crippen MR) is 80.5 cm³/mol. The molecule has 0 saturated carbocycles. The van der Waals surface area contributed by atoms with E-state index in [0.717, 1.165) is 0 Å². The van der Waals surface area contributed by atoms with Crippen molar-refractivity contribution in [1.82, 2.24) is 0 Å². The highest BCUT2D eigenvalue weighted by Gasteiger charge is 2.49. The van der Waals surface area contributed by atoms with Crippen molar-refractivity contribution >= 4 is 55.7 Å². The monoisotopic (exact) mass is 336 g/mol. The van der Waals surface area contributed by atoms with Crippen LogP contribution in [0.2, 0.25) is 10.0 Å².